The average Bonchev–Trinajstić information content (AvgIpc) is 2.09. The van der Waals surface area contributed by atoms with Crippen LogP contribution in [0.1, 0.15) is 0 Å². The van der Waals surface area contributed by atoms with Crippen LogP contribution in [0.5, 0.6) is 0 Å². The Bertz CT molecular complexity index is 30.8. The van der Waals surface area contributed by atoms with E-state index >= 15 is 0 Å². The smallest absolute Gasteiger partial charge is 0 e. The zero-order chi connectivity index (χ0) is 13.5. The van der Waals surface area contributed by atoms with E-state index in [1.54, 1.807) is 70.5 Å². The van der Waals surface area contributed by atoms with Crippen LogP contribution in [0.15, 0.2) is 0 Å². The van der Waals surface area contributed by atoms with Gasteiger partial charge in [-0.3, -0.25) is 0 Å². The molecule has 6 heteroatoms. The Morgan fingerprint density at radius 1 is 0.312 bits per heavy atom. The molecule has 104 valence electrons. The van der Waals surface area contributed by atoms with Crippen LogP contribution < -0.4 is 0 Å². The summed E-state index contributed by atoms with van der Waals surface area (Å²) in [5.41, 5.74) is 0. The minimum Gasteiger partial charge on any atom is -0.668 e. The van der Waals surface area contributed by atoms with E-state index in [2.05, 4.69) is 26.6 Å². The van der Waals surface area contributed by atoms with E-state index in [-0.39, 0.29) is 26.2 Å². The molecule has 0 spiro atoms. The van der Waals surface area contributed by atoms with E-state index < -0.39 is 0 Å². The van der Waals surface area contributed by atoms with Crippen molar-refractivity contribution in [2.75, 3.05) is 70.5 Å². The van der Waals surface area contributed by atoms with Crippen molar-refractivity contribution >= 4 is 0 Å². The molecule has 0 aliphatic carbocycles. The summed E-state index contributed by atoms with van der Waals surface area (Å²) in [4.78, 5) is 0. The van der Waals surface area contributed by atoms with Crippen LogP contribution in [0, 0.1) is 0 Å². The molecule has 0 atom stereocenters. The van der Waals surface area contributed by atoms with E-state index in [4.69, 9.17) is 0 Å². The molecule has 0 saturated carbocycles. The van der Waals surface area contributed by atoms with Crippen molar-refractivity contribution in [3.05, 3.63) is 26.6 Å². The van der Waals surface area contributed by atoms with Crippen LogP contribution in [0.2, 0.25) is 0 Å². The van der Waals surface area contributed by atoms with Crippen LogP contribution >= 0.6 is 0 Å². The van der Waals surface area contributed by atoms with Crippen molar-refractivity contribution in [2.45, 2.75) is 0 Å². The summed E-state index contributed by atoms with van der Waals surface area (Å²) < 4.78 is 0. The molecule has 0 radical (unpaired) electrons. The molecule has 0 fully saturated rings. The maximum atomic E-state index is 3.50. The predicted molar refractivity (Wildman–Crippen MR) is 76.0 cm³/mol. The Balaban J connectivity index is -0.0000000192. The molecule has 0 aliphatic rings. The minimum atomic E-state index is 0. The normalized spacial score (nSPS) is 5.62. The first-order valence-electron chi connectivity index (χ1n) is 4.47. The van der Waals surface area contributed by atoms with E-state index in [0.29, 0.717) is 0 Å². The molecule has 16 heavy (non-hydrogen) atoms. The summed E-state index contributed by atoms with van der Waals surface area (Å²) in [6, 6.07) is 0. The second-order valence-electron chi connectivity index (χ2n) is 2.24. The Hall–Kier alpha value is 0.683. The molecule has 0 aromatic rings. The molecule has 0 N–H and O–H groups in total. The molecular formula is C10H30N5Zr-5. The van der Waals surface area contributed by atoms with Crippen LogP contribution in [-0.2, 0) is 26.2 Å². The van der Waals surface area contributed by atoms with Gasteiger partial charge in [0, 0.05) is 26.2 Å². The summed E-state index contributed by atoms with van der Waals surface area (Å²) >= 11 is 0. The van der Waals surface area contributed by atoms with Gasteiger partial charge in [-0.1, -0.05) is 0 Å². The van der Waals surface area contributed by atoms with Gasteiger partial charge >= 0.3 is 0 Å². The zero-order valence-corrected chi connectivity index (χ0v) is 15.2. The number of rotatable bonds is 0. The van der Waals surface area contributed by atoms with Gasteiger partial charge in [-0.2, -0.15) is 70.5 Å². The fourth-order valence-electron chi connectivity index (χ4n) is 0. The third-order valence-corrected chi connectivity index (χ3v) is 0. The summed E-state index contributed by atoms with van der Waals surface area (Å²) in [5, 5.41) is 17.5. The molecule has 0 unspecified atom stereocenters. The quantitative estimate of drug-likeness (QED) is 0.659. The van der Waals surface area contributed by atoms with Crippen molar-refractivity contribution in [3.63, 3.8) is 0 Å². The maximum Gasteiger partial charge on any atom is 0 e. The van der Waals surface area contributed by atoms with Crippen molar-refractivity contribution in [1.82, 2.24) is 0 Å². The van der Waals surface area contributed by atoms with Crippen LogP contribution in [0.25, 0.3) is 26.6 Å². The first kappa shape index (κ1) is 36.0. The molecule has 0 aromatic carbocycles. The second-order valence-corrected chi connectivity index (χ2v) is 2.24. The SMILES string of the molecule is C[N-]C.C[N-]C.C[N-]C.C[N-]C.C[N-]C.[Zr]. The van der Waals surface area contributed by atoms with E-state index in [9.17, 15) is 0 Å². The van der Waals surface area contributed by atoms with E-state index in [1.165, 1.54) is 0 Å². The molecule has 0 bridgehead atoms. The van der Waals surface area contributed by atoms with Gasteiger partial charge in [0.25, 0.3) is 0 Å². The van der Waals surface area contributed by atoms with E-state index in [1.807, 2.05) is 0 Å². The fraction of sp³-hybridized carbons (Fsp3) is 1.00. The molecule has 0 rings (SSSR count). The summed E-state index contributed by atoms with van der Waals surface area (Å²) in [6.45, 7) is 0. The Labute approximate surface area is 123 Å². The number of hydrogen-bond acceptors (Lipinski definition) is 0. The summed E-state index contributed by atoms with van der Waals surface area (Å²) in [5.74, 6) is 0. The maximum absolute atomic E-state index is 3.50. The van der Waals surface area contributed by atoms with Crippen molar-refractivity contribution < 1.29 is 26.2 Å². The third kappa shape index (κ3) is 5890. The molecule has 0 amide bonds. The van der Waals surface area contributed by atoms with Gasteiger partial charge in [-0.05, 0) is 0 Å². The van der Waals surface area contributed by atoms with Gasteiger partial charge in [-0.15, -0.1) is 0 Å². The Kier molecular flexibility index (Phi) is 235. The largest absolute Gasteiger partial charge is 0.668 e. The van der Waals surface area contributed by atoms with Gasteiger partial charge in [0.05, 0.1) is 0 Å². The second kappa shape index (κ2) is 105. The number of hydrogen-bond donors (Lipinski definition) is 0. The molecule has 0 aromatic heterocycles. The van der Waals surface area contributed by atoms with Gasteiger partial charge in [0.1, 0.15) is 0 Å². The van der Waals surface area contributed by atoms with Gasteiger partial charge in [-0.25, -0.2) is 0 Å². The predicted octanol–water partition coefficient (Wildman–Crippen LogP) is 3.10. The fourth-order valence-corrected chi connectivity index (χ4v) is 0. The average molecular weight is 312 g/mol. The molecular weight excluding hydrogens is 281 g/mol. The Morgan fingerprint density at radius 2 is 0.312 bits per heavy atom. The zero-order valence-electron chi connectivity index (χ0n) is 12.7. The van der Waals surface area contributed by atoms with Gasteiger partial charge in [0.2, 0.25) is 0 Å². The van der Waals surface area contributed by atoms with Gasteiger partial charge in [0.15, 0.2) is 0 Å². The molecule has 5 nitrogen and oxygen atoms in total. The molecule has 0 saturated heterocycles. The van der Waals surface area contributed by atoms with Crippen molar-refractivity contribution in [1.29, 1.82) is 0 Å². The summed E-state index contributed by atoms with van der Waals surface area (Å²) in [7, 11) is 17.5. The van der Waals surface area contributed by atoms with Crippen LogP contribution in [0.4, 0.5) is 0 Å². The first-order chi connectivity index (χ1) is 7.07. The minimum absolute atomic E-state index is 0. The number of nitrogens with zero attached hydrogens (tertiary/aromatic N) is 5. The third-order valence-electron chi connectivity index (χ3n) is 0. The van der Waals surface area contributed by atoms with Crippen LogP contribution in [0.3, 0.4) is 0 Å². The Morgan fingerprint density at radius 3 is 0.312 bits per heavy atom. The first-order valence-corrected chi connectivity index (χ1v) is 4.47. The van der Waals surface area contributed by atoms with Crippen molar-refractivity contribution in [2.24, 2.45) is 0 Å². The van der Waals surface area contributed by atoms with Gasteiger partial charge < -0.3 is 26.6 Å². The molecule has 0 aliphatic heterocycles. The standard InChI is InChI=1S/5C2H6N.Zr/c5*1-3-2;/h5*1-2H3;/q5*-1;. The van der Waals surface area contributed by atoms with Crippen LogP contribution in [-0.4, -0.2) is 70.5 Å². The monoisotopic (exact) mass is 310 g/mol. The molecule has 0 heterocycles. The van der Waals surface area contributed by atoms with Crippen molar-refractivity contribution in [3.8, 4) is 0 Å². The summed E-state index contributed by atoms with van der Waals surface area (Å²) in [6.07, 6.45) is 0. The topological polar surface area (TPSA) is 70.5 Å². The van der Waals surface area contributed by atoms with E-state index in [0.717, 1.165) is 0 Å².